The first-order valence-corrected chi connectivity index (χ1v) is 9.23. The summed E-state index contributed by atoms with van der Waals surface area (Å²) in [5.74, 6) is 2.03. The predicted octanol–water partition coefficient (Wildman–Crippen LogP) is 6.28. The number of aromatic amines is 2. The van der Waals surface area contributed by atoms with Gasteiger partial charge in [0.25, 0.3) is 0 Å². The van der Waals surface area contributed by atoms with Crippen molar-refractivity contribution >= 4 is 56.9 Å². The molecule has 2 aromatic carbocycles. The molecule has 0 fully saturated rings. The quantitative estimate of drug-likeness (QED) is 0.326. The van der Waals surface area contributed by atoms with E-state index in [4.69, 9.17) is 27.9 Å². The van der Waals surface area contributed by atoms with Crippen molar-refractivity contribution in [3.8, 4) is 11.5 Å². The highest BCUT2D eigenvalue weighted by Crippen LogP contribution is 2.31. The van der Waals surface area contributed by atoms with Crippen LogP contribution in [-0.4, -0.2) is 19.9 Å². The largest absolute Gasteiger partial charge is 0.456 e. The molecule has 0 aliphatic heterocycles. The van der Waals surface area contributed by atoms with Gasteiger partial charge in [0, 0.05) is 24.1 Å². The van der Waals surface area contributed by atoms with Crippen molar-refractivity contribution < 1.29 is 4.74 Å². The fourth-order valence-corrected chi connectivity index (χ4v) is 3.27. The van der Waals surface area contributed by atoms with E-state index in [1.807, 2.05) is 42.6 Å². The van der Waals surface area contributed by atoms with Crippen LogP contribution in [0.25, 0.3) is 22.1 Å². The molecule has 5 aromatic rings. The van der Waals surface area contributed by atoms with Crippen molar-refractivity contribution in [2.45, 2.75) is 0 Å². The van der Waals surface area contributed by atoms with Crippen molar-refractivity contribution in [3.05, 3.63) is 71.0 Å². The molecule has 5 rings (SSSR count). The molecule has 3 heterocycles. The molecule has 3 N–H and O–H groups in total. The van der Waals surface area contributed by atoms with Crippen LogP contribution in [-0.2, 0) is 0 Å². The summed E-state index contributed by atoms with van der Waals surface area (Å²) in [5.41, 5.74) is 3.24. The molecule has 138 valence electrons. The molecule has 0 bridgehead atoms. The Balaban J connectivity index is 1.43. The average Bonchev–Trinajstić information content (AvgIpc) is 3.31. The van der Waals surface area contributed by atoms with Gasteiger partial charge in [0.2, 0.25) is 5.95 Å². The first-order valence-electron chi connectivity index (χ1n) is 8.47. The number of H-pyrrole nitrogens is 2. The summed E-state index contributed by atoms with van der Waals surface area (Å²) in [5, 5.41) is 5.10. The summed E-state index contributed by atoms with van der Waals surface area (Å²) in [7, 11) is 0. The summed E-state index contributed by atoms with van der Waals surface area (Å²) >= 11 is 12.0. The van der Waals surface area contributed by atoms with Gasteiger partial charge < -0.3 is 20.0 Å². The SMILES string of the molecule is Clc1ccc(Nc2nc3ccc(Oc4ccnc5[nH]ccc45)cc3[nH]2)cc1Cl. The van der Waals surface area contributed by atoms with Gasteiger partial charge >= 0.3 is 0 Å². The van der Waals surface area contributed by atoms with E-state index in [9.17, 15) is 0 Å². The van der Waals surface area contributed by atoms with Crippen molar-refractivity contribution in [2.24, 2.45) is 0 Å². The molecule has 3 aromatic heterocycles. The normalized spacial score (nSPS) is 11.2. The molecule has 8 heteroatoms. The average molecular weight is 410 g/mol. The Kier molecular flexibility index (Phi) is 4.07. The molecule has 0 unspecified atom stereocenters. The predicted molar refractivity (Wildman–Crippen MR) is 112 cm³/mol. The summed E-state index contributed by atoms with van der Waals surface area (Å²) in [6, 6.07) is 14.8. The highest BCUT2D eigenvalue weighted by Gasteiger charge is 2.09. The van der Waals surface area contributed by atoms with Crippen molar-refractivity contribution in [3.63, 3.8) is 0 Å². The number of imidazole rings is 1. The van der Waals surface area contributed by atoms with Crippen LogP contribution < -0.4 is 10.1 Å². The molecule has 0 amide bonds. The number of nitrogens with zero attached hydrogens (tertiary/aromatic N) is 2. The zero-order valence-corrected chi connectivity index (χ0v) is 15.8. The zero-order valence-electron chi connectivity index (χ0n) is 14.3. The topological polar surface area (TPSA) is 78.6 Å². The number of hydrogen-bond donors (Lipinski definition) is 3. The minimum absolute atomic E-state index is 0.479. The molecule has 6 nitrogen and oxygen atoms in total. The van der Waals surface area contributed by atoms with Crippen LogP contribution in [0.3, 0.4) is 0 Å². The van der Waals surface area contributed by atoms with E-state index in [-0.39, 0.29) is 0 Å². The molecule has 0 saturated carbocycles. The Bertz CT molecular complexity index is 1310. The molecule has 0 atom stereocenters. The van der Waals surface area contributed by atoms with Gasteiger partial charge in [0.05, 0.1) is 26.5 Å². The number of hydrogen-bond acceptors (Lipinski definition) is 4. The van der Waals surface area contributed by atoms with Gasteiger partial charge in [-0.2, -0.15) is 0 Å². The number of ether oxygens (including phenoxy) is 1. The highest BCUT2D eigenvalue weighted by atomic mass is 35.5. The van der Waals surface area contributed by atoms with Crippen molar-refractivity contribution in [1.29, 1.82) is 0 Å². The smallest absolute Gasteiger partial charge is 0.205 e. The Labute approximate surface area is 169 Å². The zero-order chi connectivity index (χ0) is 19.1. The molecule has 28 heavy (non-hydrogen) atoms. The van der Waals surface area contributed by atoms with Gasteiger partial charge in [-0.05, 0) is 42.5 Å². The monoisotopic (exact) mass is 409 g/mol. The Morgan fingerprint density at radius 3 is 2.79 bits per heavy atom. The van der Waals surface area contributed by atoms with E-state index in [1.165, 1.54) is 0 Å². The van der Waals surface area contributed by atoms with E-state index >= 15 is 0 Å². The maximum absolute atomic E-state index is 6.06. The van der Waals surface area contributed by atoms with E-state index in [1.54, 1.807) is 18.3 Å². The molecular formula is C20H13Cl2N5O. The van der Waals surface area contributed by atoms with Crippen LogP contribution in [0.1, 0.15) is 0 Å². The first kappa shape index (κ1) is 16.9. The first-order chi connectivity index (χ1) is 13.7. The Morgan fingerprint density at radius 1 is 0.964 bits per heavy atom. The van der Waals surface area contributed by atoms with Gasteiger partial charge in [-0.3, -0.25) is 0 Å². The van der Waals surface area contributed by atoms with E-state index in [2.05, 4.69) is 25.3 Å². The standard InChI is InChI=1S/C20H13Cl2N5O/c21-14-3-1-11(9-15(14)22)25-20-26-16-4-2-12(10-17(16)27-20)28-18-6-8-24-19-13(18)5-7-23-19/h1-10H,(H,23,24)(H2,25,26,27). The number of benzene rings is 2. The fourth-order valence-electron chi connectivity index (χ4n) is 2.97. The van der Waals surface area contributed by atoms with Gasteiger partial charge in [-0.1, -0.05) is 23.2 Å². The second-order valence-corrected chi connectivity index (χ2v) is 6.98. The minimum Gasteiger partial charge on any atom is -0.456 e. The van der Waals surface area contributed by atoms with Gasteiger partial charge in [-0.25, -0.2) is 9.97 Å². The number of fused-ring (bicyclic) bond motifs is 2. The van der Waals surface area contributed by atoms with E-state index in [0.717, 1.165) is 33.5 Å². The van der Waals surface area contributed by atoms with Crippen LogP contribution in [0.5, 0.6) is 11.5 Å². The Morgan fingerprint density at radius 2 is 1.89 bits per heavy atom. The van der Waals surface area contributed by atoms with Gasteiger partial charge in [0.15, 0.2) is 0 Å². The number of aromatic nitrogens is 4. The lowest BCUT2D eigenvalue weighted by Crippen LogP contribution is -1.91. The maximum Gasteiger partial charge on any atom is 0.205 e. The van der Waals surface area contributed by atoms with Gasteiger partial charge in [-0.15, -0.1) is 0 Å². The van der Waals surface area contributed by atoms with Crippen molar-refractivity contribution in [2.75, 3.05) is 5.32 Å². The number of rotatable bonds is 4. The molecule has 0 aliphatic rings. The molecule has 0 saturated heterocycles. The molecular weight excluding hydrogens is 397 g/mol. The second-order valence-electron chi connectivity index (χ2n) is 6.17. The number of pyridine rings is 1. The van der Waals surface area contributed by atoms with Crippen LogP contribution in [0.4, 0.5) is 11.6 Å². The van der Waals surface area contributed by atoms with Crippen LogP contribution in [0, 0.1) is 0 Å². The van der Waals surface area contributed by atoms with E-state index in [0.29, 0.717) is 21.7 Å². The third-order valence-corrected chi connectivity index (χ3v) is 5.02. The molecule has 0 spiro atoms. The number of nitrogens with one attached hydrogen (secondary N) is 3. The fraction of sp³-hybridized carbons (Fsp3) is 0. The molecule has 0 radical (unpaired) electrons. The summed E-state index contributed by atoms with van der Waals surface area (Å²) < 4.78 is 6.05. The van der Waals surface area contributed by atoms with E-state index < -0.39 is 0 Å². The Hall–Kier alpha value is -3.22. The summed E-state index contributed by atoms with van der Waals surface area (Å²) in [6.45, 7) is 0. The maximum atomic E-state index is 6.06. The summed E-state index contributed by atoms with van der Waals surface area (Å²) in [4.78, 5) is 15.1. The third-order valence-electron chi connectivity index (χ3n) is 4.28. The second kappa shape index (κ2) is 6.74. The lowest BCUT2D eigenvalue weighted by molar-refractivity contribution is 0.488. The van der Waals surface area contributed by atoms with Gasteiger partial charge in [0.1, 0.15) is 17.1 Å². The third kappa shape index (κ3) is 3.13. The minimum atomic E-state index is 0.479. The van der Waals surface area contributed by atoms with Crippen LogP contribution >= 0.6 is 23.2 Å². The molecule has 0 aliphatic carbocycles. The van der Waals surface area contributed by atoms with Crippen LogP contribution in [0.2, 0.25) is 10.0 Å². The lowest BCUT2D eigenvalue weighted by atomic mass is 10.3. The highest BCUT2D eigenvalue weighted by molar-refractivity contribution is 6.42. The van der Waals surface area contributed by atoms with Crippen LogP contribution in [0.15, 0.2) is 60.9 Å². The summed E-state index contributed by atoms with van der Waals surface area (Å²) in [6.07, 6.45) is 3.55. The van der Waals surface area contributed by atoms with Crippen molar-refractivity contribution in [1.82, 2.24) is 19.9 Å². The number of halogens is 2. The lowest BCUT2D eigenvalue weighted by Gasteiger charge is -2.06. The number of anilines is 2.